The molecular formula is C18H20N6OS. The summed E-state index contributed by atoms with van der Waals surface area (Å²) in [6.07, 6.45) is 0. The van der Waals surface area contributed by atoms with Crippen molar-refractivity contribution in [3.63, 3.8) is 0 Å². The third kappa shape index (κ3) is 4.04. The van der Waals surface area contributed by atoms with E-state index in [1.54, 1.807) is 16.4 Å². The molecule has 0 aliphatic rings. The molecule has 0 unspecified atom stereocenters. The number of carbonyl (C=O) groups is 1. The highest BCUT2D eigenvalue weighted by molar-refractivity contribution is 7.71. The molecule has 3 aromatic rings. The number of tetrazole rings is 1. The maximum atomic E-state index is 11.6. The lowest BCUT2D eigenvalue weighted by Crippen LogP contribution is -2.23. The van der Waals surface area contributed by atoms with Gasteiger partial charge in [-0.15, -0.1) is 0 Å². The second-order valence-corrected chi connectivity index (χ2v) is 6.31. The van der Waals surface area contributed by atoms with Crippen LogP contribution in [-0.4, -0.2) is 44.7 Å². The quantitative estimate of drug-likeness (QED) is 0.676. The number of para-hydroxylation sites is 1. The van der Waals surface area contributed by atoms with Gasteiger partial charge in [0.1, 0.15) is 0 Å². The van der Waals surface area contributed by atoms with Crippen molar-refractivity contribution in [1.82, 2.24) is 30.0 Å². The van der Waals surface area contributed by atoms with Gasteiger partial charge in [-0.3, -0.25) is 9.69 Å². The summed E-state index contributed by atoms with van der Waals surface area (Å²) >= 11 is 5.48. The SMILES string of the molecule is CNC(=O)c1ccc(CN(C)Cn2nnn(-c3ccccc3)c2=S)cc1. The second kappa shape index (κ2) is 8.03. The van der Waals surface area contributed by atoms with Crippen molar-refractivity contribution in [2.75, 3.05) is 14.1 Å². The minimum Gasteiger partial charge on any atom is -0.355 e. The molecule has 0 fully saturated rings. The van der Waals surface area contributed by atoms with Crippen molar-refractivity contribution >= 4 is 18.1 Å². The Morgan fingerprint density at radius 2 is 1.81 bits per heavy atom. The first-order valence-corrected chi connectivity index (χ1v) is 8.57. The maximum Gasteiger partial charge on any atom is 0.251 e. The van der Waals surface area contributed by atoms with E-state index in [1.807, 2.05) is 61.6 Å². The van der Waals surface area contributed by atoms with Gasteiger partial charge in [-0.2, -0.15) is 4.68 Å². The normalized spacial score (nSPS) is 10.9. The summed E-state index contributed by atoms with van der Waals surface area (Å²) < 4.78 is 3.86. The van der Waals surface area contributed by atoms with E-state index >= 15 is 0 Å². The van der Waals surface area contributed by atoms with Gasteiger partial charge in [-0.05, 0) is 59.5 Å². The smallest absolute Gasteiger partial charge is 0.251 e. The van der Waals surface area contributed by atoms with Gasteiger partial charge in [0, 0.05) is 19.2 Å². The van der Waals surface area contributed by atoms with Crippen molar-refractivity contribution in [1.29, 1.82) is 0 Å². The van der Waals surface area contributed by atoms with Crippen molar-refractivity contribution < 1.29 is 4.79 Å². The molecule has 3 rings (SSSR count). The molecule has 2 aromatic carbocycles. The van der Waals surface area contributed by atoms with Gasteiger partial charge in [0.25, 0.3) is 5.91 Å². The summed E-state index contributed by atoms with van der Waals surface area (Å²) in [5.74, 6) is -0.0891. The van der Waals surface area contributed by atoms with E-state index in [-0.39, 0.29) is 5.91 Å². The minimum absolute atomic E-state index is 0.0891. The summed E-state index contributed by atoms with van der Waals surface area (Å²) in [4.78, 5) is 13.7. The molecule has 0 aliphatic heterocycles. The van der Waals surface area contributed by atoms with E-state index in [0.717, 1.165) is 11.3 Å². The molecule has 1 heterocycles. The van der Waals surface area contributed by atoms with E-state index in [9.17, 15) is 4.79 Å². The lowest BCUT2D eigenvalue weighted by Gasteiger charge is -2.16. The van der Waals surface area contributed by atoms with E-state index in [1.165, 1.54) is 0 Å². The van der Waals surface area contributed by atoms with Crippen molar-refractivity contribution in [2.45, 2.75) is 13.2 Å². The first kappa shape index (κ1) is 18.0. The molecule has 8 heteroatoms. The Balaban J connectivity index is 1.67. The Kier molecular flexibility index (Phi) is 5.55. The zero-order valence-corrected chi connectivity index (χ0v) is 15.5. The van der Waals surface area contributed by atoms with E-state index in [4.69, 9.17) is 12.2 Å². The van der Waals surface area contributed by atoms with Gasteiger partial charge < -0.3 is 5.32 Å². The van der Waals surface area contributed by atoms with Gasteiger partial charge in [0.05, 0.1) is 12.4 Å². The summed E-state index contributed by atoms with van der Waals surface area (Å²) in [5, 5.41) is 10.9. The Hall–Kier alpha value is -2.84. The van der Waals surface area contributed by atoms with Crippen LogP contribution in [0.1, 0.15) is 15.9 Å². The molecule has 0 radical (unpaired) electrons. The largest absolute Gasteiger partial charge is 0.355 e. The molecule has 0 saturated carbocycles. The van der Waals surface area contributed by atoms with Crippen LogP contribution in [0.4, 0.5) is 0 Å². The van der Waals surface area contributed by atoms with E-state index in [0.29, 0.717) is 23.5 Å². The topological polar surface area (TPSA) is 68.0 Å². The molecule has 134 valence electrons. The molecule has 1 aromatic heterocycles. The lowest BCUT2D eigenvalue weighted by molar-refractivity contribution is 0.0963. The van der Waals surface area contributed by atoms with Crippen LogP contribution in [0.3, 0.4) is 0 Å². The van der Waals surface area contributed by atoms with Crippen molar-refractivity contribution in [2.24, 2.45) is 0 Å². The Morgan fingerprint density at radius 3 is 2.46 bits per heavy atom. The highest BCUT2D eigenvalue weighted by Crippen LogP contribution is 2.09. The fraction of sp³-hybridized carbons (Fsp3) is 0.222. The number of carbonyl (C=O) groups excluding carboxylic acids is 1. The average Bonchev–Trinajstić information content (AvgIpc) is 3.02. The molecule has 0 aliphatic carbocycles. The van der Waals surface area contributed by atoms with Gasteiger partial charge in [0.2, 0.25) is 4.77 Å². The van der Waals surface area contributed by atoms with Crippen LogP contribution in [0.5, 0.6) is 0 Å². The monoisotopic (exact) mass is 368 g/mol. The zero-order valence-electron chi connectivity index (χ0n) is 14.7. The number of aromatic nitrogens is 4. The molecule has 7 nitrogen and oxygen atoms in total. The summed E-state index contributed by atoms with van der Waals surface area (Å²) in [7, 11) is 3.60. The average molecular weight is 368 g/mol. The van der Waals surface area contributed by atoms with Gasteiger partial charge >= 0.3 is 0 Å². The van der Waals surface area contributed by atoms with E-state index in [2.05, 4.69) is 20.6 Å². The fourth-order valence-electron chi connectivity index (χ4n) is 2.59. The molecule has 1 N–H and O–H groups in total. The summed E-state index contributed by atoms with van der Waals surface area (Å²) in [6, 6.07) is 17.2. The van der Waals surface area contributed by atoms with Crippen LogP contribution >= 0.6 is 12.2 Å². The van der Waals surface area contributed by atoms with Crippen molar-refractivity contribution in [3.05, 3.63) is 70.5 Å². The molecule has 0 atom stereocenters. The summed E-state index contributed by atoms with van der Waals surface area (Å²) in [6.45, 7) is 1.22. The van der Waals surface area contributed by atoms with Gasteiger partial charge in [-0.1, -0.05) is 30.3 Å². The Bertz CT molecular complexity index is 932. The van der Waals surface area contributed by atoms with Crippen LogP contribution in [0.2, 0.25) is 0 Å². The Morgan fingerprint density at radius 1 is 1.12 bits per heavy atom. The molecule has 0 bridgehead atoms. The van der Waals surface area contributed by atoms with Gasteiger partial charge in [0.15, 0.2) is 0 Å². The number of rotatable bonds is 6. The number of hydrogen-bond acceptors (Lipinski definition) is 5. The second-order valence-electron chi connectivity index (χ2n) is 5.94. The molecule has 1 amide bonds. The molecule has 0 saturated heterocycles. The third-order valence-corrected chi connectivity index (χ3v) is 4.29. The predicted octanol–water partition coefficient (Wildman–Crippen LogP) is 2.25. The van der Waals surface area contributed by atoms with Gasteiger partial charge in [-0.25, -0.2) is 4.68 Å². The number of hydrogen-bond donors (Lipinski definition) is 1. The molecular weight excluding hydrogens is 348 g/mol. The number of benzene rings is 2. The van der Waals surface area contributed by atoms with Crippen LogP contribution in [0, 0.1) is 4.77 Å². The number of amides is 1. The third-order valence-electron chi connectivity index (χ3n) is 3.91. The fourth-order valence-corrected chi connectivity index (χ4v) is 2.83. The number of nitrogens with zero attached hydrogens (tertiary/aromatic N) is 5. The first-order valence-electron chi connectivity index (χ1n) is 8.16. The standard InChI is InChI=1S/C18H20N6OS/c1-19-17(25)15-10-8-14(9-11-15)12-22(2)13-23-18(26)24(21-20-23)16-6-4-3-5-7-16/h3-11H,12-13H2,1-2H3,(H,19,25). The molecule has 0 spiro atoms. The number of nitrogens with one attached hydrogen (secondary N) is 1. The zero-order chi connectivity index (χ0) is 18.5. The maximum absolute atomic E-state index is 11.6. The predicted molar refractivity (Wildman–Crippen MR) is 101 cm³/mol. The summed E-state index contributed by atoms with van der Waals surface area (Å²) in [5.41, 5.74) is 2.63. The highest BCUT2D eigenvalue weighted by Gasteiger charge is 2.09. The first-order chi connectivity index (χ1) is 12.6. The van der Waals surface area contributed by atoms with Crippen LogP contribution in [0.15, 0.2) is 54.6 Å². The van der Waals surface area contributed by atoms with Crippen LogP contribution < -0.4 is 5.32 Å². The lowest BCUT2D eigenvalue weighted by atomic mass is 10.1. The van der Waals surface area contributed by atoms with Crippen molar-refractivity contribution in [3.8, 4) is 5.69 Å². The Labute approximate surface area is 156 Å². The highest BCUT2D eigenvalue weighted by atomic mass is 32.1. The van der Waals surface area contributed by atoms with Crippen LogP contribution in [-0.2, 0) is 13.2 Å². The molecule has 26 heavy (non-hydrogen) atoms. The van der Waals surface area contributed by atoms with E-state index < -0.39 is 0 Å². The minimum atomic E-state index is -0.0891. The van der Waals surface area contributed by atoms with Crippen LogP contribution in [0.25, 0.3) is 5.69 Å².